The van der Waals surface area contributed by atoms with Crippen molar-refractivity contribution in [2.75, 3.05) is 27.3 Å². The highest BCUT2D eigenvalue weighted by Gasteiger charge is 2.27. The van der Waals surface area contributed by atoms with Crippen molar-refractivity contribution in [3.05, 3.63) is 94.4 Å². The molecule has 1 aromatic heterocycles. The number of carbonyl (C=O) groups excluding carboxylic acids is 1. The minimum atomic E-state index is -0.313. The van der Waals surface area contributed by atoms with Gasteiger partial charge in [0.25, 0.3) is 11.5 Å². The highest BCUT2D eigenvalue weighted by atomic mass is 16.5. The largest absolute Gasteiger partial charge is 0.497 e. The van der Waals surface area contributed by atoms with Crippen molar-refractivity contribution in [2.24, 2.45) is 5.92 Å². The molecule has 0 N–H and O–H groups in total. The fraction of sp³-hybridized carbons (Fsp3) is 0.276. The van der Waals surface area contributed by atoms with Crippen LogP contribution in [0.25, 0.3) is 16.5 Å². The maximum absolute atomic E-state index is 13.7. The van der Waals surface area contributed by atoms with E-state index in [4.69, 9.17) is 9.47 Å². The van der Waals surface area contributed by atoms with Crippen LogP contribution in [0.2, 0.25) is 0 Å². The van der Waals surface area contributed by atoms with Crippen LogP contribution in [-0.4, -0.2) is 47.9 Å². The highest BCUT2D eigenvalue weighted by molar-refractivity contribution is 6.04. The van der Waals surface area contributed by atoms with Gasteiger partial charge in [-0.25, -0.2) is 0 Å². The van der Waals surface area contributed by atoms with E-state index in [1.807, 2.05) is 17.0 Å². The smallest absolute Gasteiger partial charge is 0.279 e. The number of likely N-dealkylation sites (tertiary alicyclic amines) is 1. The van der Waals surface area contributed by atoms with Gasteiger partial charge in [-0.15, -0.1) is 0 Å². The summed E-state index contributed by atoms with van der Waals surface area (Å²) >= 11 is 0. The van der Waals surface area contributed by atoms with Gasteiger partial charge < -0.3 is 14.4 Å². The summed E-state index contributed by atoms with van der Waals surface area (Å²) in [7, 11) is 3.09. The maximum atomic E-state index is 13.7. The van der Waals surface area contributed by atoms with Crippen LogP contribution in [0.15, 0.2) is 77.6 Å². The topological polar surface area (TPSA) is 73.7 Å². The molecule has 1 aliphatic heterocycles. The molecule has 7 nitrogen and oxygen atoms in total. The molecule has 0 saturated carbocycles. The van der Waals surface area contributed by atoms with Crippen LogP contribution < -0.4 is 15.0 Å². The molecule has 2 heterocycles. The van der Waals surface area contributed by atoms with E-state index in [1.165, 1.54) is 17.4 Å². The second-order valence-corrected chi connectivity index (χ2v) is 9.07. The summed E-state index contributed by atoms with van der Waals surface area (Å²) in [5, 5.41) is 5.58. The molecule has 0 unspecified atom stereocenters. The summed E-state index contributed by atoms with van der Waals surface area (Å²) in [6.45, 7) is 1.33. The molecule has 184 valence electrons. The van der Waals surface area contributed by atoms with Crippen LogP contribution >= 0.6 is 0 Å². The van der Waals surface area contributed by atoms with E-state index in [9.17, 15) is 9.59 Å². The molecule has 0 spiro atoms. The number of nitrogens with zero attached hydrogens (tertiary/aromatic N) is 3. The highest BCUT2D eigenvalue weighted by Crippen LogP contribution is 2.28. The first-order valence-electron chi connectivity index (χ1n) is 12.2. The number of fused-ring (bicyclic) bond motifs is 1. The van der Waals surface area contributed by atoms with Gasteiger partial charge in [-0.2, -0.15) is 9.78 Å². The van der Waals surface area contributed by atoms with E-state index in [2.05, 4.69) is 29.4 Å². The molecule has 1 amide bonds. The fourth-order valence-electron chi connectivity index (χ4n) is 4.91. The minimum absolute atomic E-state index is 0.161. The van der Waals surface area contributed by atoms with Crippen molar-refractivity contribution in [1.82, 2.24) is 14.7 Å². The van der Waals surface area contributed by atoms with Gasteiger partial charge in [0.2, 0.25) is 0 Å². The van der Waals surface area contributed by atoms with Gasteiger partial charge in [-0.3, -0.25) is 9.59 Å². The molecule has 1 aliphatic rings. The summed E-state index contributed by atoms with van der Waals surface area (Å²) in [5.74, 6) is 1.41. The molecule has 0 bridgehead atoms. The normalized spacial score (nSPS) is 14.1. The predicted molar refractivity (Wildman–Crippen MR) is 139 cm³/mol. The number of hydrogen-bond donors (Lipinski definition) is 0. The Hall–Kier alpha value is -4.13. The van der Waals surface area contributed by atoms with Crippen molar-refractivity contribution in [3.8, 4) is 17.2 Å². The third-order valence-electron chi connectivity index (χ3n) is 6.89. The Bertz CT molecular complexity index is 1440. The summed E-state index contributed by atoms with van der Waals surface area (Å²) in [6.07, 6.45) is 2.89. The third-order valence-corrected chi connectivity index (χ3v) is 6.89. The zero-order valence-electron chi connectivity index (χ0n) is 20.5. The number of ether oxygens (including phenoxy) is 2. The zero-order valence-corrected chi connectivity index (χ0v) is 20.5. The van der Waals surface area contributed by atoms with Gasteiger partial charge >= 0.3 is 0 Å². The predicted octanol–water partition coefficient (Wildman–Crippen LogP) is 4.50. The molecular formula is C29H29N3O4. The molecule has 1 saturated heterocycles. The lowest BCUT2D eigenvalue weighted by molar-refractivity contribution is 0.0685. The lowest BCUT2D eigenvalue weighted by Crippen LogP contribution is -2.40. The van der Waals surface area contributed by atoms with Crippen molar-refractivity contribution >= 4 is 16.7 Å². The van der Waals surface area contributed by atoms with E-state index in [-0.39, 0.29) is 17.2 Å². The van der Waals surface area contributed by atoms with Gasteiger partial charge in [-0.05, 0) is 48.9 Å². The number of amides is 1. The van der Waals surface area contributed by atoms with Crippen LogP contribution in [0.1, 0.15) is 28.9 Å². The van der Waals surface area contributed by atoms with Crippen LogP contribution in [0.4, 0.5) is 0 Å². The molecule has 0 radical (unpaired) electrons. The summed E-state index contributed by atoms with van der Waals surface area (Å²) in [6, 6.07) is 22.8. The standard InChI is InChI=1S/C29H29N3O4/c1-35-22-12-13-25(26(19-22)36-2)32-28(33)24-11-7-6-10-23(24)27(30-32)29(34)31-16-14-21(15-17-31)18-20-8-4-3-5-9-20/h3-13,19,21H,14-18H2,1-2H3. The van der Waals surface area contributed by atoms with Crippen molar-refractivity contribution in [3.63, 3.8) is 0 Å². The second kappa shape index (κ2) is 10.2. The number of carbonyl (C=O) groups is 1. The van der Waals surface area contributed by atoms with Crippen LogP contribution in [-0.2, 0) is 6.42 Å². The van der Waals surface area contributed by atoms with Gasteiger partial charge in [0.05, 0.1) is 19.6 Å². The SMILES string of the molecule is COc1ccc(-n2nc(C(=O)N3CCC(Cc4ccccc4)CC3)c3ccccc3c2=O)c(OC)c1. The molecule has 7 heteroatoms. The summed E-state index contributed by atoms with van der Waals surface area (Å²) in [4.78, 5) is 29.0. The van der Waals surface area contributed by atoms with Crippen molar-refractivity contribution in [2.45, 2.75) is 19.3 Å². The Morgan fingerprint density at radius 3 is 2.31 bits per heavy atom. The Kier molecular flexibility index (Phi) is 6.71. The Morgan fingerprint density at radius 2 is 1.61 bits per heavy atom. The van der Waals surface area contributed by atoms with E-state index in [0.29, 0.717) is 47.0 Å². The molecule has 1 fully saturated rings. The fourth-order valence-corrected chi connectivity index (χ4v) is 4.91. The number of methoxy groups -OCH3 is 2. The number of rotatable bonds is 6. The minimum Gasteiger partial charge on any atom is -0.497 e. The average molecular weight is 484 g/mol. The average Bonchev–Trinajstić information content (AvgIpc) is 2.94. The van der Waals surface area contributed by atoms with E-state index < -0.39 is 0 Å². The molecule has 0 aliphatic carbocycles. The quantitative estimate of drug-likeness (QED) is 0.404. The van der Waals surface area contributed by atoms with Gasteiger partial charge in [0.15, 0.2) is 5.69 Å². The van der Waals surface area contributed by atoms with Crippen molar-refractivity contribution in [1.29, 1.82) is 0 Å². The van der Waals surface area contributed by atoms with Gasteiger partial charge in [0.1, 0.15) is 17.2 Å². The Morgan fingerprint density at radius 1 is 0.917 bits per heavy atom. The van der Waals surface area contributed by atoms with Crippen molar-refractivity contribution < 1.29 is 14.3 Å². The van der Waals surface area contributed by atoms with Crippen LogP contribution in [0, 0.1) is 5.92 Å². The van der Waals surface area contributed by atoms with Gasteiger partial charge in [-0.1, -0.05) is 48.5 Å². The second-order valence-electron chi connectivity index (χ2n) is 9.07. The molecule has 5 rings (SSSR count). The first-order chi connectivity index (χ1) is 17.6. The zero-order chi connectivity index (χ0) is 25.1. The number of aromatic nitrogens is 2. The van der Waals surface area contributed by atoms with E-state index >= 15 is 0 Å². The van der Waals surface area contributed by atoms with E-state index in [0.717, 1.165) is 19.3 Å². The van der Waals surface area contributed by atoms with Crippen LogP contribution in [0.5, 0.6) is 11.5 Å². The lowest BCUT2D eigenvalue weighted by atomic mass is 9.90. The maximum Gasteiger partial charge on any atom is 0.279 e. The molecule has 36 heavy (non-hydrogen) atoms. The molecule has 3 aromatic carbocycles. The monoisotopic (exact) mass is 483 g/mol. The summed E-state index contributed by atoms with van der Waals surface area (Å²) in [5.41, 5.74) is 1.73. The van der Waals surface area contributed by atoms with E-state index in [1.54, 1.807) is 43.5 Å². The first-order valence-corrected chi connectivity index (χ1v) is 12.2. The molecule has 0 atom stereocenters. The number of piperidine rings is 1. The number of hydrogen-bond acceptors (Lipinski definition) is 5. The lowest BCUT2D eigenvalue weighted by Gasteiger charge is -2.32. The van der Waals surface area contributed by atoms with Crippen LogP contribution in [0.3, 0.4) is 0 Å². The van der Waals surface area contributed by atoms with Gasteiger partial charge in [0, 0.05) is 24.5 Å². The number of benzene rings is 3. The molecule has 4 aromatic rings. The summed E-state index contributed by atoms with van der Waals surface area (Å²) < 4.78 is 12.1. The third kappa shape index (κ3) is 4.56. The Balaban J connectivity index is 1.47. The Labute approximate surface area is 209 Å². The first kappa shape index (κ1) is 23.6. The molecular weight excluding hydrogens is 454 g/mol.